The summed E-state index contributed by atoms with van der Waals surface area (Å²) < 4.78 is 6.52. The minimum Gasteiger partial charge on any atom is -0.465 e. The van der Waals surface area contributed by atoms with Crippen LogP contribution < -0.4 is 5.56 Å². The van der Waals surface area contributed by atoms with E-state index in [9.17, 15) is 9.59 Å². The second-order valence-corrected chi connectivity index (χ2v) is 5.27. The summed E-state index contributed by atoms with van der Waals surface area (Å²) >= 11 is 0. The van der Waals surface area contributed by atoms with Crippen molar-refractivity contribution in [2.75, 3.05) is 7.11 Å². The number of hydrogen-bond donors (Lipinski definition) is 0. The Morgan fingerprint density at radius 1 is 1.14 bits per heavy atom. The van der Waals surface area contributed by atoms with Crippen molar-refractivity contribution >= 4 is 5.97 Å². The molecule has 0 fully saturated rings. The van der Waals surface area contributed by atoms with Gasteiger partial charge in [0.05, 0.1) is 19.2 Å². The quantitative estimate of drug-likeness (QED) is 0.811. The molecule has 1 aliphatic carbocycles. The van der Waals surface area contributed by atoms with E-state index in [1.807, 2.05) is 22.8 Å². The van der Waals surface area contributed by atoms with Crippen LogP contribution in [0.15, 0.2) is 41.2 Å². The first-order chi connectivity index (χ1) is 10.2. The number of aromatic nitrogens is 1. The van der Waals surface area contributed by atoms with Crippen LogP contribution in [-0.4, -0.2) is 17.6 Å². The lowest BCUT2D eigenvalue weighted by molar-refractivity contribution is 0.0600. The van der Waals surface area contributed by atoms with Crippen LogP contribution in [0.5, 0.6) is 0 Å². The summed E-state index contributed by atoms with van der Waals surface area (Å²) in [5.74, 6) is -0.348. The number of esters is 1. The highest BCUT2D eigenvalue weighted by Crippen LogP contribution is 2.20. The van der Waals surface area contributed by atoms with Gasteiger partial charge in [0.2, 0.25) is 0 Å². The van der Waals surface area contributed by atoms with Gasteiger partial charge in [-0.25, -0.2) is 4.79 Å². The molecule has 3 rings (SSSR count). The van der Waals surface area contributed by atoms with Crippen LogP contribution in [0.3, 0.4) is 0 Å². The van der Waals surface area contributed by atoms with Crippen molar-refractivity contribution in [1.29, 1.82) is 0 Å². The van der Waals surface area contributed by atoms with E-state index in [-0.39, 0.29) is 11.5 Å². The van der Waals surface area contributed by atoms with Crippen molar-refractivity contribution in [3.8, 4) is 0 Å². The summed E-state index contributed by atoms with van der Waals surface area (Å²) in [6.07, 6.45) is 3.13. The number of pyridine rings is 1. The summed E-state index contributed by atoms with van der Waals surface area (Å²) in [7, 11) is 1.36. The Morgan fingerprint density at radius 2 is 1.90 bits per heavy atom. The molecule has 21 heavy (non-hydrogen) atoms. The number of carbonyl (C=O) groups is 1. The fourth-order valence-electron chi connectivity index (χ4n) is 2.85. The Morgan fingerprint density at radius 3 is 2.62 bits per heavy atom. The molecule has 0 unspecified atom stereocenters. The second-order valence-electron chi connectivity index (χ2n) is 5.27. The van der Waals surface area contributed by atoms with Gasteiger partial charge in [-0.3, -0.25) is 4.79 Å². The van der Waals surface area contributed by atoms with E-state index in [0.717, 1.165) is 30.5 Å². The molecule has 0 aliphatic heterocycles. The molecular formula is C17H17NO3. The number of hydrogen-bond acceptors (Lipinski definition) is 3. The van der Waals surface area contributed by atoms with Gasteiger partial charge in [0, 0.05) is 11.8 Å². The Balaban J connectivity index is 1.89. The average molecular weight is 283 g/mol. The van der Waals surface area contributed by atoms with Gasteiger partial charge in [-0.05, 0) is 42.5 Å². The molecule has 0 saturated carbocycles. The number of carbonyl (C=O) groups excluding carboxylic acids is 1. The van der Waals surface area contributed by atoms with Crippen LogP contribution >= 0.6 is 0 Å². The lowest BCUT2D eigenvalue weighted by atomic mass is 10.1. The van der Waals surface area contributed by atoms with Crippen molar-refractivity contribution in [1.82, 2.24) is 4.57 Å². The number of fused-ring (bicyclic) bond motifs is 1. The minimum absolute atomic E-state index is 0.0349. The molecule has 1 heterocycles. The highest BCUT2D eigenvalue weighted by Gasteiger charge is 2.15. The predicted octanol–water partition coefficient (Wildman–Crippen LogP) is 2.17. The Hall–Kier alpha value is -2.36. The van der Waals surface area contributed by atoms with Gasteiger partial charge < -0.3 is 9.30 Å². The standard InChI is InChI=1S/C17H17NO3/c1-21-17(20)14-7-5-12(6-8-14)11-18-15-4-2-3-13(15)9-10-16(18)19/h5-10H,2-4,11H2,1H3. The van der Waals surface area contributed by atoms with Crippen LogP contribution in [0.4, 0.5) is 0 Å². The van der Waals surface area contributed by atoms with Crippen molar-refractivity contribution in [3.63, 3.8) is 0 Å². The summed E-state index contributed by atoms with van der Waals surface area (Å²) in [5.41, 5.74) is 3.99. The third-order valence-electron chi connectivity index (χ3n) is 3.97. The fraction of sp³-hybridized carbons (Fsp3) is 0.294. The molecule has 4 nitrogen and oxygen atoms in total. The first-order valence-electron chi connectivity index (χ1n) is 7.08. The third-order valence-corrected chi connectivity index (χ3v) is 3.97. The number of rotatable bonds is 3. The summed E-state index contributed by atoms with van der Waals surface area (Å²) in [6, 6.07) is 10.8. The van der Waals surface area contributed by atoms with Gasteiger partial charge in [-0.1, -0.05) is 18.2 Å². The molecule has 0 saturated heterocycles. The molecule has 0 spiro atoms. The minimum atomic E-state index is -0.348. The lowest BCUT2D eigenvalue weighted by Gasteiger charge is -2.12. The summed E-state index contributed by atoms with van der Waals surface area (Å²) in [6.45, 7) is 0.545. The van der Waals surface area contributed by atoms with E-state index < -0.39 is 0 Å². The fourth-order valence-corrected chi connectivity index (χ4v) is 2.85. The molecule has 1 aromatic carbocycles. The summed E-state index contributed by atoms with van der Waals surface area (Å²) in [4.78, 5) is 23.5. The van der Waals surface area contributed by atoms with Crippen LogP contribution in [0.25, 0.3) is 0 Å². The molecule has 108 valence electrons. The zero-order valence-corrected chi connectivity index (χ0v) is 12.0. The largest absolute Gasteiger partial charge is 0.465 e. The highest BCUT2D eigenvalue weighted by molar-refractivity contribution is 5.89. The predicted molar refractivity (Wildman–Crippen MR) is 79.6 cm³/mol. The smallest absolute Gasteiger partial charge is 0.337 e. The number of nitrogens with zero attached hydrogens (tertiary/aromatic N) is 1. The molecule has 0 amide bonds. The van der Waals surface area contributed by atoms with E-state index in [1.165, 1.54) is 12.7 Å². The maximum absolute atomic E-state index is 12.1. The number of benzene rings is 1. The van der Waals surface area contributed by atoms with Crippen molar-refractivity contribution < 1.29 is 9.53 Å². The maximum atomic E-state index is 12.1. The lowest BCUT2D eigenvalue weighted by Crippen LogP contribution is -2.23. The molecule has 0 bridgehead atoms. The van der Waals surface area contributed by atoms with Gasteiger partial charge in [-0.2, -0.15) is 0 Å². The van der Waals surface area contributed by atoms with Crippen LogP contribution in [0.1, 0.15) is 33.6 Å². The van der Waals surface area contributed by atoms with E-state index >= 15 is 0 Å². The van der Waals surface area contributed by atoms with Crippen molar-refractivity contribution in [3.05, 3.63) is 69.1 Å². The van der Waals surface area contributed by atoms with E-state index in [0.29, 0.717) is 12.1 Å². The van der Waals surface area contributed by atoms with Gasteiger partial charge in [0.1, 0.15) is 0 Å². The van der Waals surface area contributed by atoms with Crippen LogP contribution in [0.2, 0.25) is 0 Å². The SMILES string of the molecule is COC(=O)c1ccc(Cn2c3c(ccc2=O)CCC3)cc1. The van der Waals surface area contributed by atoms with Gasteiger partial charge in [0.15, 0.2) is 0 Å². The van der Waals surface area contributed by atoms with Gasteiger partial charge in [0.25, 0.3) is 5.56 Å². The van der Waals surface area contributed by atoms with Crippen LogP contribution in [0, 0.1) is 0 Å². The maximum Gasteiger partial charge on any atom is 0.337 e. The van der Waals surface area contributed by atoms with E-state index in [4.69, 9.17) is 0 Å². The topological polar surface area (TPSA) is 48.3 Å². The Bertz CT molecular complexity index is 729. The monoisotopic (exact) mass is 283 g/mol. The molecule has 2 aromatic rings. The molecular weight excluding hydrogens is 266 g/mol. The first kappa shape index (κ1) is 13.6. The Kier molecular flexibility index (Phi) is 3.60. The normalized spacial score (nSPS) is 13.0. The average Bonchev–Trinajstić information content (AvgIpc) is 2.99. The zero-order chi connectivity index (χ0) is 14.8. The van der Waals surface area contributed by atoms with Crippen molar-refractivity contribution in [2.24, 2.45) is 0 Å². The molecule has 0 atom stereocenters. The number of methoxy groups -OCH3 is 1. The van der Waals surface area contributed by atoms with Gasteiger partial charge >= 0.3 is 5.97 Å². The van der Waals surface area contributed by atoms with Crippen LogP contribution in [-0.2, 0) is 24.1 Å². The van der Waals surface area contributed by atoms with Crippen molar-refractivity contribution in [2.45, 2.75) is 25.8 Å². The molecule has 0 radical (unpaired) electrons. The molecule has 1 aromatic heterocycles. The molecule has 0 N–H and O–H groups in total. The van der Waals surface area contributed by atoms with E-state index in [2.05, 4.69) is 4.74 Å². The number of ether oxygens (including phenoxy) is 1. The zero-order valence-electron chi connectivity index (χ0n) is 12.0. The second kappa shape index (κ2) is 5.56. The molecule has 1 aliphatic rings. The Labute approximate surface area is 123 Å². The highest BCUT2D eigenvalue weighted by atomic mass is 16.5. The third kappa shape index (κ3) is 2.61. The van der Waals surface area contributed by atoms with Gasteiger partial charge in [-0.15, -0.1) is 0 Å². The summed E-state index contributed by atoms with van der Waals surface area (Å²) in [5, 5.41) is 0. The number of aryl methyl sites for hydroxylation is 1. The van der Waals surface area contributed by atoms with E-state index in [1.54, 1.807) is 18.2 Å². The molecule has 4 heteroatoms. The first-order valence-corrected chi connectivity index (χ1v) is 7.08.